The van der Waals surface area contributed by atoms with Crippen molar-refractivity contribution in [1.82, 2.24) is 9.55 Å². The molecule has 1 aliphatic heterocycles. The first-order valence-electron chi connectivity index (χ1n) is 5.13. The number of hydrogen-bond donors (Lipinski definition) is 1. The quantitative estimate of drug-likeness (QED) is 0.789. The van der Waals surface area contributed by atoms with Gasteiger partial charge in [0.15, 0.2) is 23.5 Å². The minimum atomic E-state index is -1.60. The number of ether oxygens (including phenoxy) is 1. The first-order chi connectivity index (χ1) is 8.36. The maximum Gasteiger partial charge on any atom is 0.351 e. The minimum Gasteiger partial charge on any atom is -0.381 e. The van der Waals surface area contributed by atoms with Gasteiger partial charge in [-0.25, -0.2) is 13.6 Å². The van der Waals surface area contributed by atoms with E-state index in [1.165, 1.54) is 6.92 Å². The molecule has 1 saturated heterocycles. The predicted molar refractivity (Wildman–Crippen MR) is 56.5 cm³/mol. The molecule has 2 N–H and O–H groups in total. The van der Waals surface area contributed by atoms with Crippen molar-refractivity contribution in [1.29, 1.82) is 5.26 Å². The second kappa shape index (κ2) is 4.03. The number of nitrogen functional groups attached to an aromatic ring is 1. The van der Waals surface area contributed by atoms with Crippen molar-refractivity contribution in [2.45, 2.75) is 31.3 Å². The van der Waals surface area contributed by atoms with E-state index in [1.54, 1.807) is 6.07 Å². The van der Waals surface area contributed by atoms with E-state index in [9.17, 15) is 13.6 Å². The molecule has 0 aliphatic carbocycles. The molecule has 8 heteroatoms. The van der Waals surface area contributed by atoms with Crippen LogP contribution in [0, 0.1) is 17.1 Å². The fraction of sp³-hybridized carbons (Fsp3) is 0.500. The van der Waals surface area contributed by atoms with Gasteiger partial charge in [-0.15, -0.1) is 0 Å². The summed E-state index contributed by atoms with van der Waals surface area (Å²) >= 11 is 0. The van der Waals surface area contributed by atoms with Crippen molar-refractivity contribution < 1.29 is 13.5 Å². The van der Waals surface area contributed by atoms with Gasteiger partial charge in [0.1, 0.15) is 6.17 Å². The molecule has 1 aliphatic rings. The number of nitrogens with two attached hydrogens (primary N) is 1. The summed E-state index contributed by atoms with van der Waals surface area (Å²) < 4.78 is 32.8. The summed E-state index contributed by atoms with van der Waals surface area (Å²) in [5, 5.41) is 8.84. The molecule has 2 rings (SSSR count). The molecule has 2 heterocycles. The molecule has 6 nitrogen and oxygen atoms in total. The summed E-state index contributed by atoms with van der Waals surface area (Å²) in [5.41, 5.74) is 2.84. The number of aromatic nitrogens is 2. The fourth-order valence-electron chi connectivity index (χ4n) is 1.80. The Morgan fingerprint density at radius 1 is 1.78 bits per heavy atom. The summed E-state index contributed by atoms with van der Waals surface area (Å²) in [7, 11) is 0. The first-order valence-corrected chi connectivity index (χ1v) is 5.13. The van der Waals surface area contributed by atoms with Gasteiger partial charge >= 0.3 is 5.69 Å². The van der Waals surface area contributed by atoms with Crippen LogP contribution >= 0.6 is 0 Å². The topological polar surface area (TPSA) is 93.9 Å². The Morgan fingerprint density at radius 3 is 3.00 bits per heavy atom. The zero-order chi connectivity index (χ0) is 13.5. The normalized spacial score (nSPS) is 31.2. The monoisotopic (exact) mass is 256 g/mol. The van der Waals surface area contributed by atoms with Gasteiger partial charge in [0.2, 0.25) is 0 Å². The Kier molecular flexibility index (Phi) is 2.78. The lowest BCUT2D eigenvalue weighted by atomic mass is 10.0. The number of nitrogens with zero attached hydrogens (tertiary/aromatic N) is 3. The molecule has 3 atom stereocenters. The Balaban J connectivity index is 2.43. The van der Waals surface area contributed by atoms with Crippen molar-refractivity contribution in [2.24, 2.45) is 0 Å². The van der Waals surface area contributed by atoms with Crippen LogP contribution in [0.3, 0.4) is 0 Å². The lowest BCUT2D eigenvalue weighted by Crippen LogP contribution is -2.32. The van der Waals surface area contributed by atoms with Crippen molar-refractivity contribution in [3.63, 3.8) is 0 Å². The van der Waals surface area contributed by atoms with Gasteiger partial charge < -0.3 is 10.5 Å². The smallest absolute Gasteiger partial charge is 0.351 e. The highest BCUT2D eigenvalue weighted by Gasteiger charge is 2.45. The SMILES string of the molecule is CC1(C#N)CC(F)C(n2cc(F)c(N)nc2=O)O1. The Hall–Kier alpha value is -2.01. The van der Waals surface area contributed by atoms with Crippen molar-refractivity contribution in [3.8, 4) is 6.07 Å². The number of alkyl halides is 1. The average molecular weight is 256 g/mol. The molecule has 0 amide bonds. The van der Waals surface area contributed by atoms with Crippen LogP contribution in [0.5, 0.6) is 0 Å². The van der Waals surface area contributed by atoms with Crippen molar-refractivity contribution in [3.05, 3.63) is 22.5 Å². The van der Waals surface area contributed by atoms with E-state index in [-0.39, 0.29) is 6.42 Å². The van der Waals surface area contributed by atoms with E-state index in [4.69, 9.17) is 15.7 Å². The second-order valence-corrected chi connectivity index (χ2v) is 4.24. The zero-order valence-corrected chi connectivity index (χ0v) is 9.43. The van der Waals surface area contributed by atoms with E-state index in [0.29, 0.717) is 4.57 Å². The molecule has 0 bridgehead atoms. The van der Waals surface area contributed by atoms with E-state index >= 15 is 0 Å². The predicted octanol–water partition coefficient (Wildman–Crippen LogP) is 0.504. The van der Waals surface area contributed by atoms with Gasteiger partial charge in [0, 0.05) is 6.42 Å². The molecular weight excluding hydrogens is 246 g/mol. The first kappa shape index (κ1) is 12.4. The highest BCUT2D eigenvalue weighted by molar-refractivity contribution is 5.26. The maximum atomic E-state index is 13.8. The standard InChI is InChI=1S/C10H10F2N4O2/c1-10(4-13)2-5(11)8(18-10)16-3-6(12)7(14)15-9(16)17/h3,5,8H,2H2,1H3,(H2,14,15,17). The minimum absolute atomic E-state index is 0.202. The second-order valence-electron chi connectivity index (χ2n) is 4.24. The number of anilines is 1. The Bertz CT molecular complexity index is 582. The largest absolute Gasteiger partial charge is 0.381 e. The summed E-state index contributed by atoms with van der Waals surface area (Å²) in [4.78, 5) is 14.7. The number of rotatable bonds is 1. The van der Waals surface area contributed by atoms with Crippen LogP contribution in [-0.4, -0.2) is 21.3 Å². The third kappa shape index (κ3) is 1.93. The third-order valence-electron chi connectivity index (χ3n) is 2.72. The third-order valence-corrected chi connectivity index (χ3v) is 2.72. The maximum absolute atomic E-state index is 13.8. The zero-order valence-electron chi connectivity index (χ0n) is 9.43. The molecule has 0 aromatic carbocycles. The molecule has 18 heavy (non-hydrogen) atoms. The fourth-order valence-corrected chi connectivity index (χ4v) is 1.80. The molecule has 1 aromatic heterocycles. The number of halogens is 2. The van der Waals surface area contributed by atoms with Crippen LogP contribution in [0.2, 0.25) is 0 Å². The van der Waals surface area contributed by atoms with E-state index in [0.717, 1.165) is 6.20 Å². The van der Waals surface area contributed by atoms with Gasteiger partial charge in [0.25, 0.3) is 0 Å². The van der Waals surface area contributed by atoms with Crippen molar-refractivity contribution >= 4 is 5.82 Å². The van der Waals surface area contributed by atoms with Crippen LogP contribution in [0.15, 0.2) is 11.0 Å². The summed E-state index contributed by atoms with van der Waals surface area (Å²) in [6, 6.07) is 1.80. The van der Waals surface area contributed by atoms with Gasteiger partial charge in [-0.05, 0) is 6.92 Å². The summed E-state index contributed by atoms with van der Waals surface area (Å²) in [6.45, 7) is 1.39. The van der Waals surface area contributed by atoms with E-state index in [2.05, 4.69) is 4.98 Å². The highest BCUT2D eigenvalue weighted by Crippen LogP contribution is 2.37. The summed E-state index contributed by atoms with van der Waals surface area (Å²) in [6.07, 6.45) is -2.45. The molecule has 0 spiro atoms. The molecule has 0 saturated carbocycles. The lowest BCUT2D eigenvalue weighted by Gasteiger charge is -2.18. The van der Waals surface area contributed by atoms with Crippen LogP contribution in [0.4, 0.5) is 14.6 Å². The molecule has 0 radical (unpaired) electrons. The Morgan fingerprint density at radius 2 is 2.44 bits per heavy atom. The summed E-state index contributed by atoms with van der Waals surface area (Å²) in [5.74, 6) is -1.51. The molecule has 1 aromatic rings. The Labute approximate surface area is 101 Å². The van der Waals surface area contributed by atoms with Gasteiger partial charge in [-0.1, -0.05) is 0 Å². The number of hydrogen-bond acceptors (Lipinski definition) is 5. The molecule has 1 fully saturated rings. The molecule has 3 unspecified atom stereocenters. The lowest BCUT2D eigenvalue weighted by molar-refractivity contribution is -0.0460. The van der Waals surface area contributed by atoms with Crippen LogP contribution < -0.4 is 11.4 Å². The van der Waals surface area contributed by atoms with Crippen LogP contribution in [0.1, 0.15) is 19.6 Å². The van der Waals surface area contributed by atoms with Gasteiger partial charge in [0.05, 0.1) is 12.3 Å². The number of nitriles is 1. The molecular formula is C10H10F2N4O2. The molecule has 96 valence electrons. The van der Waals surface area contributed by atoms with E-state index in [1.807, 2.05) is 0 Å². The van der Waals surface area contributed by atoms with Gasteiger partial charge in [-0.3, -0.25) is 4.57 Å². The van der Waals surface area contributed by atoms with Gasteiger partial charge in [-0.2, -0.15) is 10.2 Å². The highest BCUT2D eigenvalue weighted by atomic mass is 19.1. The van der Waals surface area contributed by atoms with E-state index < -0.39 is 35.3 Å². The van der Waals surface area contributed by atoms with Crippen molar-refractivity contribution in [2.75, 3.05) is 5.73 Å². The van der Waals surface area contributed by atoms with Crippen LogP contribution in [0.25, 0.3) is 0 Å². The average Bonchev–Trinajstić information content (AvgIpc) is 2.60. The van der Waals surface area contributed by atoms with Crippen LogP contribution in [-0.2, 0) is 4.74 Å².